The van der Waals surface area contributed by atoms with Gasteiger partial charge in [-0.05, 0) is 25.3 Å². The molecule has 118 valence electrons. The molecule has 6 heteroatoms. The van der Waals surface area contributed by atoms with Gasteiger partial charge >= 0.3 is 0 Å². The van der Waals surface area contributed by atoms with Crippen LogP contribution in [0.3, 0.4) is 0 Å². The minimum atomic E-state index is -3.49. The molecule has 1 aromatic heterocycles. The van der Waals surface area contributed by atoms with Gasteiger partial charge in [0, 0.05) is 19.0 Å². The van der Waals surface area contributed by atoms with Crippen molar-refractivity contribution in [2.75, 3.05) is 13.1 Å². The Hall–Kier alpha value is -1.66. The summed E-state index contributed by atoms with van der Waals surface area (Å²) in [6, 6.07) is 10.1. The van der Waals surface area contributed by atoms with E-state index in [1.807, 2.05) is 18.2 Å². The molecule has 2 heterocycles. The first-order valence-corrected chi connectivity index (χ1v) is 8.92. The lowest BCUT2D eigenvalue weighted by molar-refractivity contribution is 0.463. The first-order chi connectivity index (χ1) is 10.4. The van der Waals surface area contributed by atoms with Crippen LogP contribution in [0.25, 0.3) is 0 Å². The largest absolute Gasteiger partial charge is 0.281 e. The van der Waals surface area contributed by atoms with Gasteiger partial charge < -0.3 is 0 Å². The molecule has 0 saturated carbocycles. The summed E-state index contributed by atoms with van der Waals surface area (Å²) < 4.78 is 27.4. The predicted molar refractivity (Wildman–Crippen MR) is 85.2 cm³/mol. The fraction of sp³-hybridized carbons (Fsp3) is 0.438. The van der Waals surface area contributed by atoms with E-state index in [2.05, 4.69) is 29.3 Å². The maximum Gasteiger partial charge on any atom is 0.246 e. The lowest BCUT2D eigenvalue weighted by atomic mass is 9.90. The number of nitrogens with one attached hydrogen (secondary N) is 1. The summed E-state index contributed by atoms with van der Waals surface area (Å²) in [5.74, 6) is 0.535. The maximum absolute atomic E-state index is 12.9. The Morgan fingerprint density at radius 2 is 1.86 bits per heavy atom. The summed E-state index contributed by atoms with van der Waals surface area (Å²) in [4.78, 5) is 0.327. The number of sulfonamides is 1. The zero-order chi connectivity index (χ0) is 15.9. The zero-order valence-corrected chi connectivity index (χ0v) is 13.9. The van der Waals surface area contributed by atoms with E-state index in [9.17, 15) is 8.42 Å². The van der Waals surface area contributed by atoms with Crippen LogP contribution in [0.15, 0.2) is 35.2 Å². The van der Waals surface area contributed by atoms with E-state index in [-0.39, 0.29) is 5.92 Å². The molecule has 0 bridgehead atoms. The van der Waals surface area contributed by atoms with Crippen LogP contribution in [0, 0.1) is 19.8 Å². The molecule has 1 aliphatic rings. The fourth-order valence-corrected chi connectivity index (χ4v) is 5.20. The summed E-state index contributed by atoms with van der Waals surface area (Å²) in [5, 5.41) is 6.78. The smallest absolute Gasteiger partial charge is 0.246 e. The molecule has 5 nitrogen and oxygen atoms in total. The molecule has 1 aliphatic heterocycles. The highest BCUT2D eigenvalue weighted by Crippen LogP contribution is 2.36. The monoisotopic (exact) mass is 319 g/mol. The van der Waals surface area contributed by atoms with Crippen LogP contribution in [0.1, 0.15) is 29.8 Å². The predicted octanol–water partition coefficient (Wildman–Crippen LogP) is 2.45. The molecular formula is C16H21N3O2S. The van der Waals surface area contributed by atoms with E-state index >= 15 is 0 Å². The van der Waals surface area contributed by atoms with Gasteiger partial charge in [-0.15, -0.1) is 0 Å². The van der Waals surface area contributed by atoms with Crippen molar-refractivity contribution in [3.05, 3.63) is 47.3 Å². The Morgan fingerprint density at radius 3 is 2.45 bits per heavy atom. The van der Waals surface area contributed by atoms with Crippen LogP contribution >= 0.6 is 0 Å². The van der Waals surface area contributed by atoms with Crippen molar-refractivity contribution in [3.8, 4) is 0 Å². The molecule has 0 spiro atoms. The van der Waals surface area contributed by atoms with Crippen molar-refractivity contribution in [1.29, 1.82) is 0 Å². The quantitative estimate of drug-likeness (QED) is 0.945. The molecule has 1 fully saturated rings. The van der Waals surface area contributed by atoms with Crippen molar-refractivity contribution in [3.63, 3.8) is 0 Å². The van der Waals surface area contributed by atoms with Gasteiger partial charge in [-0.25, -0.2) is 8.42 Å². The zero-order valence-electron chi connectivity index (χ0n) is 13.1. The molecule has 1 N–H and O–H groups in total. The van der Waals surface area contributed by atoms with Crippen LogP contribution < -0.4 is 0 Å². The average Bonchev–Trinajstić information content (AvgIpc) is 3.03. The minimum absolute atomic E-state index is 0.239. The SMILES string of the molecule is Cc1n[nH]c(C)c1S(=O)(=O)N1CC(C)C(c2ccccc2)C1. The lowest BCUT2D eigenvalue weighted by Gasteiger charge is -2.17. The Bertz CT molecular complexity index is 748. The van der Waals surface area contributed by atoms with E-state index in [0.717, 1.165) is 0 Å². The normalized spacial score (nSPS) is 23.0. The van der Waals surface area contributed by atoms with Crippen molar-refractivity contribution >= 4 is 10.0 Å². The highest BCUT2D eigenvalue weighted by atomic mass is 32.2. The van der Waals surface area contributed by atoms with Crippen molar-refractivity contribution < 1.29 is 8.42 Å². The molecule has 2 atom stereocenters. The van der Waals surface area contributed by atoms with Crippen LogP contribution in [0.5, 0.6) is 0 Å². The van der Waals surface area contributed by atoms with E-state index < -0.39 is 10.0 Å². The number of hydrogen-bond acceptors (Lipinski definition) is 3. The number of aromatic amines is 1. The number of H-pyrrole nitrogens is 1. The summed E-state index contributed by atoms with van der Waals surface area (Å²) in [7, 11) is -3.49. The van der Waals surface area contributed by atoms with Gasteiger partial charge in [0.1, 0.15) is 4.90 Å². The van der Waals surface area contributed by atoms with Gasteiger partial charge in [0.2, 0.25) is 10.0 Å². The molecule has 2 aromatic rings. The van der Waals surface area contributed by atoms with Crippen LogP contribution in [0.2, 0.25) is 0 Å². The van der Waals surface area contributed by atoms with Gasteiger partial charge in [-0.3, -0.25) is 5.10 Å². The molecular weight excluding hydrogens is 298 g/mol. The maximum atomic E-state index is 12.9. The van der Waals surface area contributed by atoms with Crippen LogP contribution in [-0.2, 0) is 10.0 Å². The van der Waals surface area contributed by atoms with Crippen LogP contribution in [-0.4, -0.2) is 36.0 Å². The second-order valence-corrected chi connectivity index (χ2v) is 7.95. The van der Waals surface area contributed by atoms with Gasteiger partial charge in [-0.1, -0.05) is 37.3 Å². The van der Waals surface area contributed by atoms with Crippen molar-refractivity contribution in [2.45, 2.75) is 31.6 Å². The topological polar surface area (TPSA) is 66.1 Å². The number of aromatic nitrogens is 2. The van der Waals surface area contributed by atoms with E-state index in [4.69, 9.17) is 0 Å². The number of benzene rings is 1. The highest BCUT2D eigenvalue weighted by molar-refractivity contribution is 7.89. The van der Waals surface area contributed by atoms with Gasteiger partial charge in [-0.2, -0.15) is 9.40 Å². The summed E-state index contributed by atoms with van der Waals surface area (Å²) in [6.45, 7) is 6.66. The second-order valence-electron chi connectivity index (χ2n) is 6.08. The average molecular weight is 319 g/mol. The van der Waals surface area contributed by atoms with Gasteiger partial charge in [0.15, 0.2) is 0 Å². The van der Waals surface area contributed by atoms with Crippen molar-refractivity contribution in [1.82, 2.24) is 14.5 Å². The third-order valence-electron chi connectivity index (χ3n) is 4.46. The molecule has 0 aliphatic carbocycles. The Balaban J connectivity index is 1.91. The second kappa shape index (κ2) is 5.52. The number of rotatable bonds is 3. The van der Waals surface area contributed by atoms with E-state index in [1.54, 1.807) is 18.2 Å². The van der Waals surface area contributed by atoms with E-state index in [0.29, 0.717) is 35.3 Å². The number of aryl methyl sites for hydroxylation is 2. The first-order valence-electron chi connectivity index (χ1n) is 7.48. The third-order valence-corrected chi connectivity index (χ3v) is 6.56. The molecule has 22 heavy (non-hydrogen) atoms. The Kier molecular flexibility index (Phi) is 3.82. The fourth-order valence-electron chi connectivity index (χ4n) is 3.30. The summed E-state index contributed by atoms with van der Waals surface area (Å²) >= 11 is 0. The van der Waals surface area contributed by atoms with Crippen LogP contribution in [0.4, 0.5) is 0 Å². The van der Waals surface area contributed by atoms with Gasteiger partial charge in [0.25, 0.3) is 0 Å². The van der Waals surface area contributed by atoms with Crippen molar-refractivity contribution in [2.24, 2.45) is 5.92 Å². The van der Waals surface area contributed by atoms with Gasteiger partial charge in [0.05, 0.1) is 11.4 Å². The standard InChI is InChI=1S/C16H21N3O2S/c1-11-9-19(10-15(11)14-7-5-4-6-8-14)22(20,21)16-12(2)17-18-13(16)3/h4-8,11,15H,9-10H2,1-3H3,(H,17,18). The Morgan fingerprint density at radius 1 is 1.18 bits per heavy atom. The minimum Gasteiger partial charge on any atom is -0.281 e. The molecule has 1 aromatic carbocycles. The van der Waals surface area contributed by atoms with E-state index in [1.165, 1.54) is 5.56 Å². The molecule has 3 rings (SSSR count). The third kappa shape index (κ3) is 2.46. The molecule has 2 unspecified atom stereocenters. The molecule has 0 amide bonds. The summed E-state index contributed by atoms with van der Waals surface area (Å²) in [6.07, 6.45) is 0. The lowest BCUT2D eigenvalue weighted by Crippen LogP contribution is -2.29. The highest BCUT2D eigenvalue weighted by Gasteiger charge is 2.39. The number of hydrogen-bond donors (Lipinski definition) is 1. The number of nitrogens with zero attached hydrogens (tertiary/aromatic N) is 2. The first kappa shape index (κ1) is 15.2. The Labute approximate surface area is 131 Å². The summed E-state index contributed by atoms with van der Waals surface area (Å²) in [5.41, 5.74) is 2.34. The molecule has 0 radical (unpaired) electrons. The molecule has 1 saturated heterocycles.